The normalized spacial score (nSPS) is 15.4. The predicted molar refractivity (Wildman–Crippen MR) is 72.3 cm³/mol. The first-order valence-corrected chi connectivity index (χ1v) is 6.51. The smallest absolute Gasteiger partial charge is 0.119 e. The van der Waals surface area contributed by atoms with Gasteiger partial charge in [-0.25, -0.2) is 0 Å². The molecule has 0 amide bonds. The maximum absolute atomic E-state index is 5.60. The van der Waals surface area contributed by atoms with E-state index in [4.69, 9.17) is 4.74 Å². The van der Waals surface area contributed by atoms with E-state index >= 15 is 0 Å². The second-order valence-corrected chi connectivity index (χ2v) is 4.51. The molecule has 0 spiro atoms. The van der Waals surface area contributed by atoms with Crippen LogP contribution in [0.15, 0.2) is 30.3 Å². The van der Waals surface area contributed by atoms with Crippen LogP contribution in [0.5, 0.6) is 5.75 Å². The summed E-state index contributed by atoms with van der Waals surface area (Å²) in [4.78, 5) is 0. The van der Waals surface area contributed by atoms with Crippen LogP contribution in [0.25, 0.3) is 6.08 Å². The largest absolute Gasteiger partial charge is 0.494 e. The Labute approximate surface area is 104 Å². The molecule has 0 saturated heterocycles. The van der Waals surface area contributed by atoms with E-state index in [9.17, 15) is 0 Å². The van der Waals surface area contributed by atoms with Gasteiger partial charge in [0.2, 0.25) is 0 Å². The molecule has 0 bridgehead atoms. The number of ether oxygens (including phenoxy) is 1. The zero-order valence-corrected chi connectivity index (χ0v) is 10.5. The SMILES string of the molecule is CCCOc1cccc(C=CCNC2CC2)c1. The van der Waals surface area contributed by atoms with Crippen molar-refractivity contribution in [3.8, 4) is 5.75 Å². The van der Waals surface area contributed by atoms with Gasteiger partial charge in [0.1, 0.15) is 5.75 Å². The van der Waals surface area contributed by atoms with Crippen LogP contribution < -0.4 is 10.1 Å². The lowest BCUT2D eigenvalue weighted by atomic mass is 10.2. The molecule has 0 aliphatic heterocycles. The topological polar surface area (TPSA) is 21.3 Å². The summed E-state index contributed by atoms with van der Waals surface area (Å²) in [6.07, 6.45) is 8.05. The van der Waals surface area contributed by atoms with Crippen LogP contribution in [-0.2, 0) is 0 Å². The van der Waals surface area contributed by atoms with E-state index in [0.717, 1.165) is 31.4 Å². The van der Waals surface area contributed by atoms with E-state index in [1.165, 1.54) is 18.4 Å². The predicted octanol–water partition coefficient (Wildman–Crippen LogP) is 3.24. The molecule has 1 aromatic rings. The quantitative estimate of drug-likeness (QED) is 0.778. The summed E-state index contributed by atoms with van der Waals surface area (Å²) in [6.45, 7) is 3.87. The van der Waals surface area contributed by atoms with Crippen molar-refractivity contribution in [3.63, 3.8) is 0 Å². The Morgan fingerprint density at radius 1 is 1.41 bits per heavy atom. The fourth-order valence-electron chi connectivity index (χ4n) is 1.65. The Balaban J connectivity index is 1.81. The van der Waals surface area contributed by atoms with Gasteiger partial charge in [-0.1, -0.05) is 31.2 Å². The van der Waals surface area contributed by atoms with E-state index in [1.54, 1.807) is 0 Å². The van der Waals surface area contributed by atoms with E-state index in [-0.39, 0.29) is 0 Å². The molecule has 2 rings (SSSR count). The number of rotatable bonds is 7. The van der Waals surface area contributed by atoms with Crippen LogP contribution in [0.2, 0.25) is 0 Å². The molecule has 1 N–H and O–H groups in total. The van der Waals surface area contributed by atoms with Gasteiger partial charge in [0.05, 0.1) is 6.61 Å². The molecule has 17 heavy (non-hydrogen) atoms. The highest BCUT2D eigenvalue weighted by Gasteiger charge is 2.18. The van der Waals surface area contributed by atoms with Gasteiger partial charge < -0.3 is 10.1 Å². The molecule has 2 nitrogen and oxygen atoms in total. The van der Waals surface area contributed by atoms with Crippen molar-refractivity contribution >= 4 is 6.08 Å². The van der Waals surface area contributed by atoms with Gasteiger partial charge >= 0.3 is 0 Å². The Bertz CT molecular complexity index is 369. The van der Waals surface area contributed by atoms with Crippen LogP contribution in [0.1, 0.15) is 31.7 Å². The first-order valence-electron chi connectivity index (χ1n) is 6.51. The number of hydrogen-bond donors (Lipinski definition) is 1. The van der Waals surface area contributed by atoms with E-state index in [1.807, 2.05) is 12.1 Å². The maximum atomic E-state index is 5.60. The molecule has 0 unspecified atom stereocenters. The number of nitrogens with one attached hydrogen (secondary N) is 1. The highest BCUT2D eigenvalue weighted by molar-refractivity contribution is 5.51. The molecule has 1 aromatic carbocycles. The molecule has 0 heterocycles. The molecule has 0 aromatic heterocycles. The molecule has 1 aliphatic rings. The van der Waals surface area contributed by atoms with Gasteiger partial charge in [0.15, 0.2) is 0 Å². The Kier molecular flexibility index (Phi) is 4.63. The van der Waals surface area contributed by atoms with Gasteiger partial charge in [-0.15, -0.1) is 0 Å². The summed E-state index contributed by atoms with van der Waals surface area (Å²) in [5.74, 6) is 0.962. The summed E-state index contributed by atoms with van der Waals surface area (Å²) in [7, 11) is 0. The van der Waals surface area contributed by atoms with Crippen LogP contribution in [0.4, 0.5) is 0 Å². The Hall–Kier alpha value is -1.28. The lowest BCUT2D eigenvalue weighted by molar-refractivity contribution is 0.317. The third kappa shape index (κ3) is 4.61. The lowest BCUT2D eigenvalue weighted by Gasteiger charge is -2.04. The van der Waals surface area contributed by atoms with Crippen molar-refractivity contribution in [2.45, 2.75) is 32.2 Å². The Morgan fingerprint density at radius 2 is 2.29 bits per heavy atom. The first-order chi connectivity index (χ1) is 8.38. The fourth-order valence-corrected chi connectivity index (χ4v) is 1.65. The Morgan fingerprint density at radius 3 is 3.06 bits per heavy atom. The van der Waals surface area contributed by atoms with Crippen LogP contribution in [0.3, 0.4) is 0 Å². The van der Waals surface area contributed by atoms with Crippen molar-refractivity contribution in [1.29, 1.82) is 0 Å². The van der Waals surface area contributed by atoms with Crippen LogP contribution in [0, 0.1) is 0 Å². The monoisotopic (exact) mass is 231 g/mol. The van der Waals surface area contributed by atoms with Crippen molar-refractivity contribution < 1.29 is 4.74 Å². The summed E-state index contributed by atoms with van der Waals surface area (Å²) in [5.41, 5.74) is 1.20. The second-order valence-electron chi connectivity index (χ2n) is 4.51. The first kappa shape index (κ1) is 12.2. The maximum Gasteiger partial charge on any atom is 0.119 e. The van der Waals surface area contributed by atoms with E-state index < -0.39 is 0 Å². The molecule has 0 radical (unpaired) electrons. The highest BCUT2D eigenvalue weighted by Crippen LogP contribution is 2.18. The highest BCUT2D eigenvalue weighted by atomic mass is 16.5. The van der Waals surface area contributed by atoms with Crippen molar-refractivity contribution in [1.82, 2.24) is 5.32 Å². The van der Waals surface area contributed by atoms with Crippen molar-refractivity contribution in [2.24, 2.45) is 0 Å². The average molecular weight is 231 g/mol. The van der Waals surface area contributed by atoms with E-state index in [2.05, 4.69) is 36.5 Å². The zero-order chi connectivity index (χ0) is 11.9. The fraction of sp³-hybridized carbons (Fsp3) is 0.467. The van der Waals surface area contributed by atoms with Gasteiger partial charge in [0.25, 0.3) is 0 Å². The summed E-state index contributed by atoms with van der Waals surface area (Å²) < 4.78 is 5.60. The average Bonchev–Trinajstić information content (AvgIpc) is 3.17. The second kappa shape index (κ2) is 6.45. The molecular weight excluding hydrogens is 210 g/mol. The lowest BCUT2D eigenvalue weighted by Crippen LogP contribution is -2.15. The summed E-state index contributed by atoms with van der Waals surface area (Å²) in [6, 6.07) is 9.02. The van der Waals surface area contributed by atoms with Crippen molar-refractivity contribution in [2.75, 3.05) is 13.2 Å². The van der Waals surface area contributed by atoms with Crippen LogP contribution in [-0.4, -0.2) is 19.2 Å². The summed E-state index contributed by atoms with van der Waals surface area (Å²) in [5, 5.41) is 3.46. The molecule has 92 valence electrons. The number of benzene rings is 1. The van der Waals surface area contributed by atoms with Crippen LogP contribution >= 0.6 is 0 Å². The van der Waals surface area contributed by atoms with E-state index in [0.29, 0.717) is 0 Å². The third-order valence-corrected chi connectivity index (χ3v) is 2.74. The number of hydrogen-bond acceptors (Lipinski definition) is 2. The molecule has 1 aliphatic carbocycles. The zero-order valence-electron chi connectivity index (χ0n) is 10.5. The minimum absolute atomic E-state index is 0.777. The summed E-state index contributed by atoms with van der Waals surface area (Å²) >= 11 is 0. The third-order valence-electron chi connectivity index (χ3n) is 2.74. The minimum Gasteiger partial charge on any atom is -0.494 e. The molecular formula is C15H21NO. The van der Waals surface area contributed by atoms with Gasteiger partial charge in [-0.3, -0.25) is 0 Å². The van der Waals surface area contributed by atoms with Gasteiger partial charge in [-0.05, 0) is 37.0 Å². The molecule has 2 heteroatoms. The molecule has 1 saturated carbocycles. The molecule has 1 fully saturated rings. The molecule has 0 atom stereocenters. The van der Waals surface area contributed by atoms with Gasteiger partial charge in [0, 0.05) is 12.6 Å². The van der Waals surface area contributed by atoms with Crippen molar-refractivity contribution in [3.05, 3.63) is 35.9 Å². The minimum atomic E-state index is 0.777. The standard InChI is InChI=1S/C15H21NO/c1-2-11-17-15-7-3-5-13(12-15)6-4-10-16-14-8-9-14/h3-7,12,14,16H,2,8-11H2,1H3. The van der Waals surface area contributed by atoms with Gasteiger partial charge in [-0.2, -0.15) is 0 Å².